The summed E-state index contributed by atoms with van der Waals surface area (Å²) in [6, 6.07) is 15.8. The highest BCUT2D eigenvalue weighted by molar-refractivity contribution is 7.89. The van der Waals surface area contributed by atoms with Crippen LogP contribution in [0.4, 0.5) is 0 Å². The van der Waals surface area contributed by atoms with Gasteiger partial charge in [0.2, 0.25) is 21.8 Å². The summed E-state index contributed by atoms with van der Waals surface area (Å²) in [5, 5.41) is 2.99. The van der Waals surface area contributed by atoms with Crippen LogP contribution in [0.25, 0.3) is 0 Å². The van der Waals surface area contributed by atoms with E-state index in [-0.39, 0.29) is 23.1 Å². The van der Waals surface area contributed by atoms with Crippen LogP contribution in [0, 0.1) is 0 Å². The second kappa shape index (κ2) is 14.0. The molecule has 2 aromatic rings. The molecule has 4 rings (SSSR count). The minimum absolute atomic E-state index is 0.122. The first-order valence-corrected chi connectivity index (χ1v) is 15.3. The third-order valence-electron chi connectivity index (χ3n) is 7.45. The average molecular weight is 557 g/mol. The van der Waals surface area contributed by atoms with Gasteiger partial charge in [-0.2, -0.15) is 4.31 Å². The van der Waals surface area contributed by atoms with E-state index < -0.39 is 16.1 Å². The van der Waals surface area contributed by atoms with Crippen molar-refractivity contribution < 1.29 is 22.7 Å². The summed E-state index contributed by atoms with van der Waals surface area (Å²) in [6.45, 7) is 7.63. The van der Waals surface area contributed by atoms with Crippen molar-refractivity contribution in [3.63, 3.8) is 0 Å². The van der Waals surface area contributed by atoms with Gasteiger partial charge >= 0.3 is 0 Å². The fourth-order valence-corrected chi connectivity index (χ4v) is 6.49. The van der Waals surface area contributed by atoms with Gasteiger partial charge in [-0.3, -0.25) is 14.5 Å². The van der Waals surface area contributed by atoms with E-state index in [4.69, 9.17) is 4.74 Å². The van der Waals surface area contributed by atoms with Crippen molar-refractivity contribution in [1.82, 2.24) is 19.4 Å². The molecule has 0 radical (unpaired) electrons. The quantitative estimate of drug-likeness (QED) is 0.431. The SMILES string of the molecule is C[C@H](C(=O)NCCN1CCOCC1)N(Cc1ccccc1)C(=O)CCc1ccc(S(=O)(=O)N2CCCC2)cc1. The lowest BCUT2D eigenvalue weighted by Gasteiger charge is -2.30. The molecular weight excluding hydrogens is 516 g/mol. The van der Waals surface area contributed by atoms with Crippen molar-refractivity contribution in [1.29, 1.82) is 0 Å². The Kier molecular flexibility index (Phi) is 10.5. The first-order chi connectivity index (χ1) is 18.8. The van der Waals surface area contributed by atoms with Crippen molar-refractivity contribution in [3.05, 3.63) is 65.7 Å². The summed E-state index contributed by atoms with van der Waals surface area (Å²) in [6.07, 6.45) is 2.46. The van der Waals surface area contributed by atoms with E-state index >= 15 is 0 Å². The van der Waals surface area contributed by atoms with E-state index in [1.165, 1.54) is 4.31 Å². The number of carbonyl (C=O) groups is 2. The minimum atomic E-state index is -3.47. The van der Waals surface area contributed by atoms with E-state index in [0.29, 0.717) is 45.8 Å². The lowest BCUT2D eigenvalue weighted by Crippen LogP contribution is -2.49. The number of carbonyl (C=O) groups excluding carboxylic acids is 2. The molecule has 2 amide bonds. The Morgan fingerprint density at radius 3 is 2.28 bits per heavy atom. The molecule has 0 aromatic heterocycles. The second-order valence-electron chi connectivity index (χ2n) is 10.2. The third kappa shape index (κ3) is 8.11. The summed E-state index contributed by atoms with van der Waals surface area (Å²) in [4.78, 5) is 30.6. The molecule has 0 spiro atoms. The topological polar surface area (TPSA) is 99.3 Å². The van der Waals surface area contributed by atoms with Crippen LogP contribution < -0.4 is 5.32 Å². The fraction of sp³-hybridized carbons (Fsp3) is 0.517. The Balaban J connectivity index is 1.35. The maximum Gasteiger partial charge on any atom is 0.243 e. The first-order valence-electron chi connectivity index (χ1n) is 13.8. The normalized spacial score (nSPS) is 17.6. The van der Waals surface area contributed by atoms with E-state index in [1.54, 1.807) is 36.1 Å². The second-order valence-corrected chi connectivity index (χ2v) is 12.1. The molecule has 212 valence electrons. The molecule has 0 unspecified atom stereocenters. The highest BCUT2D eigenvalue weighted by Crippen LogP contribution is 2.21. The van der Waals surface area contributed by atoms with Gasteiger partial charge in [-0.05, 0) is 49.4 Å². The number of hydrogen-bond acceptors (Lipinski definition) is 6. The highest BCUT2D eigenvalue weighted by atomic mass is 32.2. The van der Waals surface area contributed by atoms with Crippen LogP contribution in [0.3, 0.4) is 0 Å². The summed E-state index contributed by atoms with van der Waals surface area (Å²) >= 11 is 0. The van der Waals surface area contributed by atoms with Gasteiger partial charge in [0.1, 0.15) is 6.04 Å². The molecule has 39 heavy (non-hydrogen) atoms. The molecule has 0 saturated carbocycles. The number of sulfonamides is 1. The molecule has 2 aromatic carbocycles. The fourth-order valence-electron chi connectivity index (χ4n) is 4.97. The zero-order valence-electron chi connectivity index (χ0n) is 22.8. The predicted molar refractivity (Wildman–Crippen MR) is 149 cm³/mol. The maximum atomic E-state index is 13.4. The van der Waals surface area contributed by atoms with Gasteiger partial charge in [0.25, 0.3) is 0 Å². The van der Waals surface area contributed by atoms with Gasteiger partial charge < -0.3 is 15.0 Å². The Morgan fingerprint density at radius 1 is 0.949 bits per heavy atom. The largest absolute Gasteiger partial charge is 0.379 e. The number of aryl methyl sites for hydroxylation is 1. The number of nitrogens with one attached hydrogen (secondary N) is 1. The Hall–Kier alpha value is -2.79. The Bertz CT molecular complexity index is 1180. The van der Waals surface area contributed by atoms with Gasteiger partial charge in [0.05, 0.1) is 18.1 Å². The van der Waals surface area contributed by atoms with Crippen LogP contribution in [0.15, 0.2) is 59.5 Å². The number of morpholine rings is 1. The van der Waals surface area contributed by atoms with Crippen molar-refractivity contribution in [2.45, 2.75) is 50.1 Å². The minimum Gasteiger partial charge on any atom is -0.379 e. The predicted octanol–water partition coefficient (Wildman–Crippen LogP) is 2.27. The number of amides is 2. The van der Waals surface area contributed by atoms with Gasteiger partial charge in [0, 0.05) is 52.2 Å². The summed E-state index contributed by atoms with van der Waals surface area (Å²) in [7, 11) is -3.47. The molecule has 10 heteroatoms. The number of rotatable bonds is 12. The third-order valence-corrected chi connectivity index (χ3v) is 9.36. The highest BCUT2D eigenvalue weighted by Gasteiger charge is 2.28. The van der Waals surface area contributed by atoms with Crippen molar-refractivity contribution in [2.75, 3.05) is 52.5 Å². The zero-order valence-corrected chi connectivity index (χ0v) is 23.6. The lowest BCUT2D eigenvalue weighted by atomic mass is 10.1. The Morgan fingerprint density at radius 2 is 1.62 bits per heavy atom. The summed E-state index contributed by atoms with van der Waals surface area (Å²) in [5.74, 6) is -0.299. The average Bonchev–Trinajstić information content (AvgIpc) is 3.52. The van der Waals surface area contributed by atoms with Crippen LogP contribution in [0.1, 0.15) is 37.3 Å². The molecular formula is C29H40N4O5S. The van der Waals surface area contributed by atoms with Crippen LogP contribution in [-0.2, 0) is 37.3 Å². The maximum absolute atomic E-state index is 13.4. The van der Waals surface area contributed by atoms with E-state index in [0.717, 1.165) is 43.6 Å². The first kappa shape index (κ1) is 29.2. The molecule has 2 fully saturated rings. The van der Waals surface area contributed by atoms with Gasteiger partial charge in [-0.15, -0.1) is 0 Å². The van der Waals surface area contributed by atoms with E-state index in [1.807, 2.05) is 30.3 Å². The van der Waals surface area contributed by atoms with E-state index in [2.05, 4.69) is 10.2 Å². The van der Waals surface area contributed by atoms with Crippen LogP contribution in [0.5, 0.6) is 0 Å². The van der Waals surface area contributed by atoms with Crippen LogP contribution in [0.2, 0.25) is 0 Å². The van der Waals surface area contributed by atoms with Gasteiger partial charge in [-0.25, -0.2) is 8.42 Å². The van der Waals surface area contributed by atoms with Gasteiger partial charge in [-0.1, -0.05) is 42.5 Å². The molecule has 0 bridgehead atoms. The smallest absolute Gasteiger partial charge is 0.243 e. The Labute approximate surface area is 232 Å². The van der Waals surface area contributed by atoms with E-state index in [9.17, 15) is 18.0 Å². The molecule has 0 aliphatic carbocycles. The van der Waals surface area contributed by atoms with Crippen LogP contribution >= 0.6 is 0 Å². The van der Waals surface area contributed by atoms with Crippen molar-refractivity contribution in [3.8, 4) is 0 Å². The van der Waals surface area contributed by atoms with Crippen molar-refractivity contribution in [2.24, 2.45) is 0 Å². The standard InChI is InChI=1S/C29H40N4O5S/c1-24(29(35)30-15-18-31-19-21-38-22-20-31)33(23-26-7-3-2-4-8-26)28(34)14-11-25-9-12-27(13-10-25)39(36,37)32-16-5-6-17-32/h2-4,7-10,12-13,24H,5-6,11,14-23H2,1H3,(H,30,35)/t24-/m1/s1. The molecule has 1 N–H and O–H groups in total. The lowest BCUT2D eigenvalue weighted by molar-refractivity contribution is -0.140. The molecule has 2 heterocycles. The number of ether oxygens (including phenoxy) is 1. The number of benzene rings is 2. The number of hydrogen-bond donors (Lipinski definition) is 1. The number of nitrogens with zero attached hydrogens (tertiary/aromatic N) is 3. The molecule has 9 nitrogen and oxygen atoms in total. The molecule has 1 atom stereocenters. The molecule has 2 aliphatic heterocycles. The summed E-state index contributed by atoms with van der Waals surface area (Å²) in [5.41, 5.74) is 1.83. The van der Waals surface area contributed by atoms with Gasteiger partial charge in [0.15, 0.2) is 0 Å². The van der Waals surface area contributed by atoms with Crippen LogP contribution in [-0.4, -0.2) is 92.9 Å². The monoisotopic (exact) mass is 556 g/mol. The molecule has 2 saturated heterocycles. The summed E-state index contributed by atoms with van der Waals surface area (Å²) < 4.78 is 32.5. The molecule has 2 aliphatic rings. The zero-order chi connectivity index (χ0) is 27.7. The van der Waals surface area contributed by atoms with Crippen molar-refractivity contribution >= 4 is 21.8 Å².